The molecule has 1 atom stereocenters. The summed E-state index contributed by atoms with van der Waals surface area (Å²) in [6.45, 7) is 1.95. The summed E-state index contributed by atoms with van der Waals surface area (Å²) in [6, 6.07) is 11.8. The Morgan fingerprint density at radius 3 is 2.86 bits per heavy atom. The van der Waals surface area contributed by atoms with Crippen molar-refractivity contribution in [1.82, 2.24) is 10.3 Å². The number of nitrogens with zero attached hydrogens (tertiary/aromatic N) is 1. The van der Waals surface area contributed by atoms with Gasteiger partial charge in [0, 0.05) is 59.4 Å². The lowest BCUT2D eigenvalue weighted by molar-refractivity contribution is 0.302. The molecule has 1 aromatic heterocycles. The highest BCUT2D eigenvalue weighted by Crippen LogP contribution is 2.19. The predicted octanol–water partition coefficient (Wildman–Crippen LogP) is 2.13. The van der Waals surface area contributed by atoms with Crippen LogP contribution in [0.15, 0.2) is 48.8 Å². The second-order valence-electron chi connectivity index (χ2n) is 4.71. The number of benzene rings is 1. The Hall–Kier alpha value is -1.72. The number of ether oxygens (including phenoxy) is 1. The highest BCUT2D eigenvalue weighted by Gasteiger charge is 2.03. The Bertz CT molecular complexity index is 575. The topological polar surface area (TPSA) is 51.2 Å². The third-order valence-corrected chi connectivity index (χ3v) is 3.75. The van der Waals surface area contributed by atoms with Crippen LogP contribution in [-0.2, 0) is 24.0 Å². The van der Waals surface area contributed by atoms with Gasteiger partial charge in [-0.2, -0.15) is 0 Å². The van der Waals surface area contributed by atoms with Crippen LogP contribution < -0.4 is 10.1 Å². The third-order valence-electron chi connectivity index (χ3n) is 2.97. The lowest BCUT2D eigenvalue weighted by Crippen LogP contribution is -2.20. The van der Waals surface area contributed by atoms with E-state index in [9.17, 15) is 4.21 Å². The van der Waals surface area contributed by atoms with Crippen LogP contribution in [0.4, 0.5) is 0 Å². The monoisotopic (exact) mass is 304 g/mol. The zero-order valence-electron chi connectivity index (χ0n) is 12.1. The molecule has 112 valence electrons. The van der Waals surface area contributed by atoms with Crippen molar-refractivity contribution in [1.29, 1.82) is 0 Å². The molecule has 0 fully saturated rings. The molecule has 1 aromatic carbocycles. The number of hydrogen-bond acceptors (Lipinski definition) is 4. The molecule has 0 saturated carbocycles. The highest BCUT2D eigenvalue weighted by molar-refractivity contribution is 7.84. The zero-order valence-corrected chi connectivity index (χ0v) is 12.9. The summed E-state index contributed by atoms with van der Waals surface area (Å²) in [5.74, 6) is 1.53. The number of para-hydroxylation sites is 1. The minimum absolute atomic E-state index is 0.504. The summed E-state index contributed by atoms with van der Waals surface area (Å²) in [5, 5.41) is 3.29. The summed E-state index contributed by atoms with van der Waals surface area (Å²) >= 11 is 0. The number of pyridine rings is 1. The second-order valence-corrected chi connectivity index (χ2v) is 6.27. The minimum atomic E-state index is -0.758. The molecule has 2 aromatic rings. The van der Waals surface area contributed by atoms with E-state index < -0.39 is 10.8 Å². The number of nitrogens with one attached hydrogen (secondary N) is 1. The van der Waals surface area contributed by atoms with E-state index >= 15 is 0 Å². The van der Waals surface area contributed by atoms with Crippen LogP contribution in [0.2, 0.25) is 0 Å². The normalized spacial score (nSPS) is 12.0. The highest BCUT2D eigenvalue weighted by atomic mass is 32.2. The number of rotatable bonds is 8. The van der Waals surface area contributed by atoms with E-state index in [1.807, 2.05) is 36.4 Å². The van der Waals surface area contributed by atoms with E-state index in [1.54, 1.807) is 18.6 Å². The third kappa shape index (κ3) is 5.65. The van der Waals surface area contributed by atoms with E-state index in [4.69, 9.17) is 4.74 Å². The lowest BCUT2D eigenvalue weighted by atomic mass is 10.2. The van der Waals surface area contributed by atoms with Gasteiger partial charge in [0.1, 0.15) is 12.4 Å². The van der Waals surface area contributed by atoms with E-state index in [0.717, 1.165) is 23.4 Å². The van der Waals surface area contributed by atoms with Crippen molar-refractivity contribution in [2.75, 3.05) is 18.6 Å². The molecule has 5 heteroatoms. The van der Waals surface area contributed by atoms with Crippen molar-refractivity contribution in [3.05, 3.63) is 59.9 Å². The quantitative estimate of drug-likeness (QED) is 0.759. The zero-order chi connectivity index (χ0) is 14.9. The Balaban J connectivity index is 1.89. The van der Waals surface area contributed by atoms with Gasteiger partial charge in [0.15, 0.2) is 0 Å². The van der Waals surface area contributed by atoms with Crippen LogP contribution in [0.25, 0.3) is 0 Å². The average Bonchev–Trinajstić information content (AvgIpc) is 2.51. The van der Waals surface area contributed by atoms with Gasteiger partial charge < -0.3 is 10.1 Å². The number of hydrogen-bond donors (Lipinski definition) is 1. The van der Waals surface area contributed by atoms with Gasteiger partial charge >= 0.3 is 0 Å². The number of aromatic nitrogens is 1. The molecular weight excluding hydrogens is 284 g/mol. The molecule has 4 nitrogen and oxygen atoms in total. The first-order valence-electron chi connectivity index (χ1n) is 6.86. The molecule has 1 N–H and O–H groups in total. The van der Waals surface area contributed by atoms with Crippen molar-refractivity contribution < 1.29 is 8.95 Å². The largest absolute Gasteiger partial charge is 0.489 e. The van der Waals surface area contributed by atoms with E-state index in [0.29, 0.717) is 18.9 Å². The van der Waals surface area contributed by atoms with Crippen LogP contribution in [0.3, 0.4) is 0 Å². The van der Waals surface area contributed by atoms with Crippen LogP contribution in [0.5, 0.6) is 5.75 Å². The maximum absolute atomic E-state index is 11.0. The van der Waals surface area contributed by atoms with Gasteiger partial charge in [-0.15, -0.1) is 0 Å². The Kier molecular flexibility index (Phi) is 6.37. The Morgan fingerprint density at radius 2 is 2.10 bits per heavy atom. The van der Waals surface area contributed by atoms with Gasteiger partial charge in [-0.1, -0.05) is 24.3 Å². The molecule has 0 aliphatic carbocycles. The molecule has 1 heterocycles. The van der Waals surface area contributed by atoms with Crippen LogP contribution in [-0.4, -0.2) is 27.7 Å². The molecule has 0 aliphatic heterocycles. The SMILES string of the molecule is CS(=O)CCNCc1ccccc1OCc1cccnc1. The first-order chi connectivity index (χ1) is 10.3. The fourth-order valence-corrected chi connectivity index (χ4v) is 2.31. The molecule has 0 spiro atoms. The lowest BCUT2D eigenvalue weighted by Gasteiger charge is -2.12. The van der Waals surface area contributed by atoms with Crippen molar-refractivity contribution in [2.24, 2.45) is 0 Å². The molecule has 0 radical (unpaired) electrons. The van der Waals surface area contributed by atoms with Crippen LogP contribution >= 0.6 is 0 Å². The summed E-state index contributed by atoms with van der Waals surface area (Å²) in [4.78, 5) is 4.08. The molecule has 0 saturated heterocycles. The van der Waals surface area contributed by atoms with Crippen molar-refractivity contribution in [2.45, 2.75) is 13.2 Å². The molecule has 21 heavy (non-hydrogen) atoms. The molecule has 1 unspecified atom stereocenters. The molecule has 0 amide bonds. The first kappa shape index (κ1) is 15.7. The van der Waals surface area contributed by atoms with E-state index in [-0.39, 0.29) is 0 Å². The smallest absolute Gasteiger partial charge is 0.124 e. The minimum Gasteiger partial charge on any atom is -0.489 e. The molecule has 0 bridgehead atoms. The fraction of sp³-hybridized carbons (Fsp3) is 0.312. The maximum atomic E-state index is 11.0. The van der Waals surface area contributed by atoms with Gasteiger partial charge in [0.25, 0.3) is 0 Å². The molecule has 2 rings (SSSR count). The summed E-state index contributed by atoms with van der Waals surface area (Å²) in [7, 11) is -0.758. The van der Waals surface area contributed by atoms with E-state index in [2.05, 4.69) is 10.3 Å². The van der Waals surface area contributed by atoms with Gasteiger partial charge in [0.05, 0.1) is 0 Å². The summed E-state index contributed by atoms with van der Waals surface area (Å²) in [6.07, 6.45) is 5.27. The Labute approximate surface area is 128 Å². The van der Waals surface area contributed by atoms with E-state index in [1.165, 1.54) is 0 Å². The van der Waals surface area contributed by atoms with Gasteiger partial charge in [-0.05, 0) is 12.1 Å². The van der Waals surface area contributed by atoms with Crippen molar-refractivity contribution in [3.8, 4) is 5.75 Å². The van der Waals surface area contributed by atoms with Gasteiger partial charge in [-0.3, -0.25) is 9.19 Å². The first-order valence-corrected chi connectivity index (χ1v) is 8.59. The van der Waals surface area contributed by atoms with Gasteiger partial charge in [-0.25, -0.2) is 0 Å². The predicted molar refractivity (Wildman–Crippen MR) is 85.7 cm³/mol. The second kappa shape index (κ2) is 8.54. The molecular formula is C16H20N2O2S. The average molecular weight is 304 g/mol. The Morgan fingerprint density at radius 1 is 1.24 bits per heavy atom. The van der Waals surface area contributed by atoms with Crippen molar-refractivity contribution in [3.63, 3.8) is 0 Å². The summed E-state index contributed by atoms with van der Waals surface area (Å²) < 4.78 is 16.9. The summed E-state index contributed by atoms with van der Waals surface area (Å²) in [5.41, 5.74) is 2.14. The van der Waals surface area contributed by atoms with Crippen LogP contribution in [0.1, 0.15) is 11.1 Å². The maximum Gasteiger partial charge on any atom is 0.124 e. The standard InChI is InChI=1S/C16H20N2O2S/c1-21(19)10-9-18-12-15-6-2-3-7-16(15)20-13-14-5-4-8-17-11-14/h2-8,11,18H,9-10,12-13H2,1H3. The van der Waals surface area contributed by atoms with Crippen LogP contribution in [0, 0.1) is 0 Å². The van der Waals surface area contributed by atoms with Crippen molar-refractivity contribution >= 4 is 10.8 Å². The van der Waals surface area contributed by atoms with Gasteiger partial charge in [0.2, 0.25) is 0 Å². The fourth-order valence-electron chi connectivity index (χ4n) is 1.87. The molecule has 0 aliphatic rings.